The van der Waals surface area contributed by atoms with Gasteiger partial charge >= 0.3 is 0 Å². The van der Waals surface area contributed by atoms with Crippen molar-refractivity contribution in [2.75, 3.05) is 6.61 Å². The molecule has 0 atom stereocenters. The summed E-state index contributed by atoms with van der Waals surface area (Å²) in [6, 6.07) is 4.30. The van der Waals surface area contributed by atoms with Crippen LogP contribution in [0.5, 0.6) is 0 Å². The average Bonchev–Trinajstić information content (AvgIpc) is 2.17. The number of hydrogen-bond donors (Lipinski definition) is 2. The minimum Gasteiger partial charge on any atom is -0.384 e. The van der Waals surface area contributed by atoms with E-state index in [1.165, 1.54) is 12.1 Å². The largest absolute Gasteiger partial charge is 0.384 e. The maximum absolute atomic E-state index is 13.1. The summed E-state index contributed by atoms with van der Waals surface area (Å²) in [6.45, 7) is 3.00. The van der Waals surface area contributed by atoms with E-state index in [0.29, 0.717) is 24.3 Å². The molecule has 1 aromatic rings. The van der Waals surface area contributed by atoms with Gasteiger partial charge in [-0.1, -0.05) is 6.92 Å². The molecule has 0 aliphatic rings. The number of nitrogens with one attached hydrogen (secondary N) is 1. The molecule has 0 aromatic heterocycles. The molecule has 1 rings (SSSR count). The maximum atomic E-state index is 13.1. The number of rotatable bonds is 5. The minimum atomic E-state index is -0.391. The quantitative estimate of drug-likeness (QED) is 0.444. The van der Waals surface area contributed by atoms with Gasteiger partial charge in [0.2, 0.25) is 0 Å². The molecule has 0 heterocycles. The van der Waals surface area contributed by atoms with E-state index in [0.717, 1.165) is 6.42 Å². The number of benzene rings is 1. The number of hydrogen-bond acceptors (Lipinski definition) is 2. The summed E-state index contributed by atoms with van der Waals surface area (Å²) < 4.78 is 18.4. The SMILES string of the molecule is CCCOCc1cc(F)cc(C(=N)N)c1. The molecule has 3 N–H and O–H groups in total. The van der Waals surface area contributed by atoms with Gasteiger partial charge in [0.05, 0.1) is 6.61 Å². The van der Waals surface area contributed by atoms with Gasteiger partial charge in [0, 0.05) is 12.2 Å². The lowest BCUT2D eigenvalue weighted by Gasteiger charge is -2.05. The summed E-state index contributed by atoms with van der Waals surface area (Å²) in [5, 5.41) is 7.21. The van der Waals surface area contributed by atoms with E-state index >= 15 is 0 Å². The maximum Gasteiger partial charge on any atom is 0.124 e. The molecule has 0 amide bonds. The molecule has 1 aromatic carbocycles. The van der Waals surface area contributed by atoms with Crippen LogP contribution in [-0.4, -0.2) is 12.4 Å². The van der Waals surface area contributed by atoms with E-state index < -0.39 is 5.82 Å². The summed E-state index contributed by atoms with van der Waals surface area (Å²) in [4.78, 5) is 0. The molecule has 0 bridgehead atoms. The van der Waals surface area contributed by atoms with Gasteiger partial charge in [-0.25, -0.2) is 4.39 Å². The van der Waals surface area contributed by atoms with Crippen molar-refractivity contribution in [2.45, 2.75) is 20.0 Å². The second-order valence-electron chi connectivity index (χ2n) is 3.31. The first kappa shape index (κ1) is 11.7. The van der Waals surface area contributed by atoms with Gasteiger partial charge in [-0.3, -0.25) is 5.41 Å². The molecule has 0 spiro atoms. The highest BCUT2D eigenvalue weighted by atomic mass is 19.1. The molecular formula is C11H15FN2O. The Labute approximate surface area is 88.6 Å². The van der Waals surface area contributed by atoms with Crippen molar-refractivity contribution in [3.05, 3.63) is 35.1 Å². The smallest absolute Gasteiger partial charge is 0.124 e. The third kappa shape index (κ3) is 3.67. The van der Waals surface area contributed by atoms with Gasteiger partial charge in [0.1, 0.15) is 11.7 Å². The molecule has 0 unspecified atom stereocenters. The van der Waals surface area contributed by atoms with Gasteiger partial charge in [-0.05, 0) is 30.2 Å². The van der Waals surface area contributed by atoms with Crippen LogP contribution in [0.4, 0.5) is 4.39 Å². The van der Waals surface area contributed by atoms with Gasteiger partial charge in [-0.15, -0.1) is 0 Å². The highest BCUT2D eigenvalue weighted by Crippen LogP contribution is 2.10. The number of halogens is 1. The van der Waals surface area contributed by atoms with Gasteiger partial charge < -0.3 is 10.5 Å². The summed E-state index contributed by atoms with van der Waals surface area (Å²) in [7, 11) is 0. The lowest BCUT2D eigenvalue weighted by molar-refractivity contribution is 0.121. The van der Waals surface area contributed by atoms with Crippen LogP contribution in [0, 0.1) is 11.2 Å². The Bertz CT molecular complexity index is 352. The Hall–Kier alpha value is -1.42. The predicted octanol–water partition coefficient (Wildman–Crippen LogP) is 2.04. The molecule has 0 saturated heterocycles. The van der Waals surface area contributed by atoms with E-state index in [9.17, 15) is 4.39 Å². The summed E-state index contributed by atoms with van der Waals surface area (Å²) >= 11 is 0. The van der Waals surface area contributed by atoms with E-state index in [1.807, 2.05) is 6.92 Å². The van der Waals surface area contributed by atoms with Gasteiger partial charge in [0.25, 0.3) is 0 Å². The molecule has 0 aliphatic carbocycles. The van der Waals surface area contributed by atoms with Gasteiger partial charge in [-0.2, -0.15) is 0 Å². The van der Waals surface area contributed by atoms with Crippen LogP contribution in [-0.2, 0) is 11.3 Å². The second kappa shape index (κ2) is 5.46. The Morgan fingerprint density at radius 1 is 1.47 bits per heavy atom. The zero-order chi connectivity index (χ0) is 11.3. The molecular weight excluding hydrogens is 195 g/mol. The molecule has 3 nitrogen and oxygen atoms in total. The van der Waals surface area contributed by atoms with Crippen molar-refractivity contribution in [1.82, 2.24) is 0 Å². The lowest BCUT2D eigenvalue weighted by atomic mass is 10.1. The Kier molecular flexibility index (Phi) is 4.24. The van der Waals surface area contributed by atoms with Crippen LogP contribution >= 0.6 is 0 Å². The topological polar surface area (TPSA) is 59.1 Å². The molecule has 82 valence electrons. The van der Waals surface area contributed by atoms with E-state index in [-0.39, 0.29) is 5.84 Å². The van der Waals surface area contributed by atoms with Gasteiger partial charge in [0.15, 0.2) is 0 Å². The van der Waals surface area contributed by atoms with E-state index in [1.54, 1.807) is 6.07 Å². The molecule has 0 saturated carbocycles. The van der Waals surface area contributed by atoms with Crippen molar-refractivity contribution >= 4 is 5.84 Å². The highest BCUT2D eigenvalue weighted by Gasteiger charge is 2.03. The lowest BCUT2D eigenvalue weighted by Crippen LogP contribution is -2.12. The van der Waals surface area contributed by atoms with Crippen LogP contribution in [0.15, 0.2) is 18.2 Å². The van der Waals surface area contributed by atoms with Crippen LogP contribution in [0.3, 0.4) is 0 Å². The molecule has 0 fully saturated rings. The zero-order valence-corrected chi connectivity index (χ0v) is 8.72. The summed E-state index contributed by atoms with van der Waals surface area (Å²) in [5.74, 6) is -0.524. The Morgan fingerprint density at radius 3 is 2.80 bits per heavy atom. The first-order valence-electron chi connectivity index (χ1n) is 4.85. The second-order valence-corrected chi connectivity index (χ2v) is 3.31. The van der Waals surface area contributed by atoms with Crippen molar-refractivity contribution in [1.29, 1.82) is 5.41 Å². The first-order valence-corrected chi connectivity index (χ1v) is 4.85. The monoisotopic (exact) mass is 210 g/mol. The van der Waals surface area contributed by atoms with Crippen LogP contribution in [0.2, 0.25) is 0 Å². The number of amidine groups is 1. The highest BCUT2D eigenvalue weighted by molar-refractivity contribution is 5.95. The van der Waals surface area contributed by atoms with Crippen LogP contribution in [0.25, 0.3) is 0 Å². The number of ether oxygens (including phenoxy) is 1. The van der Waals surface area contributed by atoms with E-state index in [2.05, 4.69) is 0 Å². The fourth-order valence-electron chi connectivity index (χ4n) is 1.22. The number of nitrogens with two attached hydrogens (primary N) is 1. The van der Waals surface area contributed by atoms with Crippen molar-refractivity contribution < 1.29 is 9.13 Å². The summed E-state index contributed by atoms with van der Waals surface area (Å²) in [5.41, 5.74) is 6.38. The third-order valence-corrected chi connectivity index (χ3v) is 1.89. The van der Waals surface area contributed by atoms with Crippen LogP contribution in [0.1, 0.15) is 24.5 Å². The first-order chi connectivity index (χ1) is 7.13. The van der Waals surface area contributed by atoms with Crippen LogP contribution < -0.4 is 5.73 Å². The normalized spacial score (nSPS) is 10.3. The fraction of sp³-hybridized carbons (Fsp3) is 0.364. The van der Waals surface area contributed by atoms with Crippen molar-refractivity contribution in [3.8, 4) is 0 Å². The third-order valence-electron chi connectivity index (χ3n) is 1.89. The number of nitrogen functional groups attached to an aromatic ring is 1. The molecule has 15 heavy (non-hydrogen) atoms. The van der Waals surface area contributed by atoms with Crippen molar-refractivity contribution in [2.24, 2.45) is 5.73 Å². The summed E-state index contributed by atoms with van der Waals surface area (Å²) in [6.07, 6.45) is 0.925. The van der Waals surface area contributed by atoms with E-state index in [4.69, 9.17) is 15.9 Å². The minimum absolute atomic E-state index is 0.133. The fourth-order valence-corrected chi connectivity index (χ4v) is 1.22. The zero-order valence-electron chi connectivity index (χ0n) is 8.72. The Balaban J connectivity index is 2.75. The Morgan fingerprint density at radius 2 is 2.20 bits per heavy atom. The predicted molar refractivity (Wildman–Crippen MR) is 57.4 cm³/mol. The molecule has 0 radical (unpaired) electrons. The van der Waals surface area contributed by atoms with Crippen molar-refractivity contribution in [3.63, 3.8) is 0 Å². The average molecular weight is 210 g/mol. The molecule has 0 aliphatic heterocycles. The standard InChI is InChI=1S/C11H15FN2O/c1-2-3-15-7-8-4-9(11(13)14)6-10(12)5-8/h4-6H,2-3,7H2,1H3,(H3,13,14). The molecule has 4 heteroatoms.